The number of hydrogen-bond acceptors (Lipinski definition) is 4. The third kappa shape index (κ3) is 3.20. The van der Waals surface area contributed by atoms with Crippen molar-refractivity contribution < 1.29 is 18.0 Å². The number of carbonyl (C=O) groups excluding carboxylic acids is 1. The highest BCUT2D eigenvalue weighted by molar-refractivity contribution is 7.12. The molecule has 0 atom stereocenters. The highest BCUT2D eigenvalue weighted by Crippen LogP contribution is 2.31. The van der Waals surface area contributed by atoms with Gasteiger partial charge in [0.25, 0.3) is 5.91 Å². The van der Waals surface area contributed by atoms with E-state index in [0.29, 0.717) is 16.6 Å². The quantitative estimate of drug-likeness (QED) is 0.921. The van der Waals surface area contributed by atoms with Crippen molar-refractivity contribution >= 4 is 22.9 Å². The van der Waals surface area contributed by atoms with E-state index in [1.54, 1.807) is 13.0 Å². The van der Waals surface area contributed by atoms with Crippen molar-refractivity contribution in [3.63, 3.8) is 0 Å². The zero-order valence-electron chi connectivity index (χ0n) is 10.7. The molecule has 0 saturated heterocycles. The van der Waals surface area contributed by atoms with Gasteiger partial charge in [-0.05, 0) is 25.1 Å². The summed E-state index contributed by atoms with van der Waals surface area (Å²) in [7, 11) is 0. The number of rotatable bonds is 2. The van der Waals surface area contributed by atoms with Crippen LogP contribution in [0.5, 0.6) is 0 Å². The van der Waals surface area contributed by atoms with Crippen molar-refractivity contribution in [3.8, 4) is 6.07 Å². The molecule has 1 amide bonds. The summed E-state index contributed by atoms with van der Waals surface area (Å²) in [6.07, 6.45) is -4.54. The number of benzene rings is 1. The normalized spacial score (nSPS) is 11.0. The second kappa shape index (κ2) is 5.54. The molecule has 0 aliphatic rings. The molecule has 0 radical (unpaired) electrons. The van der Waals surface area contributed by atoms with Crippen LogP contribution < -0.4 is 5.32 Å². The van der Waals surface area contributed by atoms with Crippen molar-refractivity contribution in [1.82, 2.24) is 4.98 Å². The van der Waals surface area contributed by atoms with Gasteiger partial charge in [0, 0.05) is 0 Å². The standard InChI is InChI=1S/C13H8F3N3OS/c1-7-11(21-6-18-7)12(20)19-10-3-2-9(13(14,15)16)4-8(10)5-17/h2-4,6H,1H3,(H,19,20). The number of carbonyl (C=O) groups is 1. The minimum absolute atomic E-state index is 0.0308. The number of thiazole rings is 1. The Morgan fingerprint density at radius 1 is 1.43 bits per heavy atom. The van der Waals surface area contributed by atoms with E-state index in [0.717, 1.165) is 23.5 Å². The summed E-state index contributed by atoms with van der Waals surface area (Å²) in [5.41, 5.74) is 0.847. The van der Waals surface area contributed by atoms with Gasteiger partial charge in [-0.3, -0.25) is 4.79 Å². The van der Waals surface area contributed by atoms with Gasteiger partial charge in [-0.15, -0.1) is 11.3 Å². The zero-order chi connectivity index (χ0) is 15.6. The summed E-state index contributed by atoms with van der Waals surface area (Å²) in [5, 5.41) is 11.4. The summed E-state index contributed by atoms with van der Waals surface area (Å²) in [4.78, 5) is 16.2. The number of hydrogen-bond donors (Lipinski definition) is 1. The summed E-state index contributed by atoms with van der Waals surface area (Å²) in [6.45, 7) is 1.64. The molecular weight excluding hydrogens is 303 g/mol. The van der Waals surface area contributed by atoms with Gasteiger partial charge in [-0.2, -0.15) is 18.4 Å². The van der Waals surface area contributed by atoms with Crippen LogP contribution in [-0.2, 0) is 6.18 Å². The molecule has 8 heteroatoms. The van der Waals surface area contributed by atoms with Gasteiger partial charge < -0.3 is 5.32 Å². The maximum atomic E-state index is 12.6. The molecule has 108 valence electrons. The van der Waals surface area contributed by atoms with Crippen LogP contribution in [0.1, 0.15) is 26.5 Å². The number of amides is 1. The van der Waals surface area contributed by atoms with E-state index in [-0.39, 0.29) is 11.3 Å². The van der Waals surface area contributed by atoms with Crippen LogP contribution in [0.25, 0.3) is 0 Å². The number of aryl methyl sites for hydroxylation is 1. The Morgan fingerprint density at radius 3 is 2.67 bits per heavy atom. The monoisotopic (exact) mass is 311 g/mol. The number of aromatic nitrogens is 1. The van der Waals surface area contributed by atoms with E-state index in [4.69, 9.17) is 5.26 Å². The van der Waals surface area contributed by atoms with Gasteiger partial charge in [0.1, 0.15) is 10.9 Å². The van der Waals surface area contributed by atoms with Crippen LogP contribution in [0.2, 0.25) is 0 Å². The van der Waals surface area contributed by atoms with E-state index in [2.05, 4.69) is 10.3 Å². The molecule has 21 heavy (non-hydrogen) atoms. The lowest BCUT2D eigenvalue weighted by Gasteiger charge is -2.10. The number of halogens is 3. The smallest absolute Gasteiger partial charge is 0.320 e. The Bertz CT molecular complexity index is 731. The summed E-state index contributed by atoms with van der Waals surface area (Å²) >= 11 is 1.11. The van der Waals surface area contributed by atoms with E-state index in [9.17, 15) is 18.0 Å². The Balaban J connectivity index is 2.31. The molecule has 1 N–H and O–H groups in total. The Kier molecular flexibility index (Phi) is 3.95. The average molecular weight is 311 g/mol. The highest BCUT2D eigenvalue weighted by atomic mass is 32.1. The van der Waals surface area contributed by atoms with Gasteiger partial charge in [0.15, 0.2) is 0 Å². The van der Waals surface area contributed by atoms with Gasteiger partial charge in [-0.25, -0.2) is 4.98 Å². The lowest BCUT2D eigenvalue weighted by molar-refractivity contribution is -0.137. The van der Waals surface area contributed by atoms with Crippen LogP contribution in [-0.4, -0.2) is 10.9 Å². The molecule has 0 unspecified atom stereocenters. The molecule has 0 fully saturated rings. The summed E-state index contributed by atoms with van der Waals surface area (Å²) in [5.74, 6) is -0.508. The fourth-order valence-electron chi connectivity index (χ4n) is 1.62. The minimum atomic E-state index is -4.54. The lowest BCUT2D eigenvalue weighted by Crippen LogP contribution is -2.13. The second-order valence-electron chi connectivity index (χ2n) is 4.09. The largest absolute Gasteiger partial charge is 0.416 e. The predicted octanol–water partition coefficient (Wildman–Crippen LogP) is 3.59. The number of anilines is 1. The number of nitrogens with one attached hydrogen (secondary N) is 1. The van der Waals surface area contributed by atoms with Crippen molar-refractivity contribution in [3.05, 3.63) is 45.4 Å². The SMILES string of the molecule is Cc1ncsc1C(=O)Nc1ccc(C(F)(F)F)cc1C#N. The molecule has 2 aromatic rings. The first-order valence-electron chi connectivity index (χ1n) is 5.65. The summed E-state index contributed by atoms with van der Waals surface area (Å²) in [6, 6.07) is 4.23. The van der Waals surface area contributed by atoms with Gasteiger partial charge >= 0.3 is 6.18 Å². The molecule has 0 spiro atoms. The summed E-state index contributed by atoms with van der Waals surface area (Å²) < 4.78 is 37.7. The van der Waals surface area contributed by atoms with Gasteiger partial charge in [0.2, 0.25) is 0 Å². The molecule has 4 nitrogen and oxygen atoms in total. The fraction of sp³-hybridized carbons (Fsp3) is 0.154. The van der Waals surface area contributed by atoms with Gasteiger partial charge in [0.05, 0.1) is 28.0 Å². The van der Waals surface area contributed by atoms with E-state index in [1.807, 2.05) is 0 Å². The van der Waals surface area contributed by atoms with Crippen LogP contribution in [0.15, 0.2) is 23.7 Å². The topological polar surface area (TPSA) is 65.8 Å². The molecule has 1 aromatic carbocycles. The van der Waals surface area contributed by atoms with Crippen LogP contribution in [0.3, 0.4) is 0 Å². The van der Waals surface area contributed by atoms with Crippen molar-refractivity contribution in [2.45, 2.75) is 13.1 Å². The van der Waals surface area contributed by atoms with E-state index in [1.165, 1.54) is 5.51 Å². The molecule has 0 aliphatic carbocycles. The molecule has 1 aromatic heterocycles. The Hall–Kier alpha value is -2.40. The Labute approximate surface area is 121 Å². The highest BCUT2D eigenvalue weighted by Gasteiger charge is 2.31. The number of nitriles is 1. The van der Waals surface area contributed by atoms with Crippen LogP contribution >= 0.6 is 11.3 Å². The molecule has 0 saturated carbocycles. The van der Waals surface area contributed by atoms with E-state index >= 15 is 0 Å². The van der Waals surface area contributed by atoms with E-state index < -0.39 is 17.6 Å². The Morgan fingerprint density at radius 2 is 2.14 bits per heavy atom. The first-order chi connectivity index (χ1) is 9.82. The van der Waals surface area contributed by atoms with Crippen molar-refractivity contribution in [1.29, 1.82) is 5.26 Å². The molecule has 1 heterocycles. The molecule has 2 rings (SSSR count). The predicted molar refractivity (Wildman–Crippen MR) is 71.0 cm³/mol. The maximum Gasteiger partial charge on any atom is 0.416 e. The number of nitrogens with zero attached hydrogens (tertiary/aromatic N) is 2. The van der Waals surface area contributed by atoms with Crippen molar-refractivity contribution in [2.75, 3.05) is 5.32 Å². The fourth-order valence-corrected chi connectivity index (χ4v) is 2.32. The molecule has 0 aliphatic heterocycles. The first kappa shape index (κ1) is 15.0. The molecule has 0 bridgehead atoms. The van der Waals surface area contributed by atoms with Crippen molar-refractivity contribution in [2.24, 2.45) is 0 Å². The zero-order valence-corrected chi connectivity index (χ0v) is 11.5. The molecular formula is C13H8F3N3OS. The van der Waals surface area contributed by atoms with Gasteiger partial charge in [-0.1, -0.05) is 0 Å². The average Bonchev–Trinajstić information content (AvgIpc) is 2.84. The second-order valence-corrected chi connectivity index (χ2v) is 4.95. The minimum Gasteiger partial charge on any atom is -0.320 e. The maximum absolute atomic E-state index is 12.6. The third-order valence-electron chi connectivity index (χ3n) is 2.67. The third-order valence-corrected chi connectivity index (χ3v) is 3.59. The van der Waals surface area contributed by atoms with Crippen LogP contribution in [0, 0.1) is 18.3 Å². The number of alkyl halides is 3. The lowest BCUT2D eigenvalue weighted by atomic mass is 10.1. The first-order valence-corrected chi connectivity index (χ1v) is 6.53. The van der Waals surface area contributed by atoms with Crippen LogP contribution in [0.4, 0.5) is 18.9 Å².